The molecule has 0 saturated carbocycles. The number of nitrogens with one attached hydrogen (secondary N) is 3. The quantitative estimate of drug-likeness (QED) is 0.351. The van der Waals surface area contributed by atoms with E-state index >= 15 is 0 Å². The summed E-state index contributed by atoms with van der Waals surface area (Å²) in [6.07, 6.45) is -0.0782. The number of rotatable bonds is 9. The predicted octanol–water partition coefficient (Wildman–Crippen LogP) is 2.09. The molecule has 0 heterocycles. The van der Waals surface area contributed by atoms with Crippen molar-refractivity contribution in [3.63, 3.8) is 0 Å². The summed E-state index contributed by atoms with van der Waals surface area (Å²) >= 11 is 0. The zero-order chi connectivity index (χ0) is 18.1. The van der Waals surface area contributed by atoms with E-state index < -0.39 is 15.9 Å². The Morgan fingerprint density at radius 2 is 1.67 bits per heavy atom. The summed E-state index contributed by atoms with van der Waals surface area (Å²) in [4.78, 5) is 31.7. The number of anilines is 2. The zero-order valence-corrected chi connectivity index (χ0v) is 13.3. The maximum atomic E-state index is 11.1. The Balaban J connectivity index is 2.87. The third-order valence-corrected chi connectivity index (χ3v) is 3.00. The molecular weight excluding hydrogens is 322 g/mol. The highest BCUT2D eigenvalue weighted by Crippen LogP contribution is 2.35. The van der Waals surface area contributed by atoms with Gasteiger partial charge < -0.3 is 20.7 Å². The van der Waals surface area contributed by atoms with Crippen LogP contribution in [0.1, 0.15) is 13.3 Å². The molecule has 1 amide bonds. The van der Waals surface area contributed by atoms with E-state index in [4.69, 9.17) is 0 Å². The number of benzene rings is 1. The number of nitrogens with zero attached hydrogens (tertiary/aromatic N) is 2. The van der Waals surface area contributed by atoms with Crippen LogP contribution in [0, 0.1) is 20.2 Å². The van der Waals surface area contributed by atoms with Crippen LogP contribution in [-0.2, 0) is 4.74 Å². The second kappa shape index (κ2) is 9.12. The average molecular weight is 341 g/mol. The summed E-state index contributed by atoms with van der Waals surface area (Å²) in [6, 6.07) is 2.26. The second-order valence-electron chi connectivity index (χ2n) is 4.63. The molecule has 0 aliphatic carbocycles. The molecule has 0 aromatic heterocycles. The van der Waals surface area contributed by atoms with Gasteiger partial charge in [-0.1, -0.05) is 0 Å². The lowest BCUT2D eigenvalue weighted by Crippen LogP contribution is -2.25. The maximum Gasteiger partial charge on any atom is 0.406 e. The minimum Gasteiger partial charge on any atom is -0.453 e. The first-order chi connectivity index (χ1) is 11.4. The largest absolute Gasteiger partial charge is 0.453 e. The van der Waals surface area contributed by atoms with Crippen molar-refractivity contribution in [1.82, 2.24) is 5.32 Å². The predicted molar refractivity (Wildman–Crippen MR) is 87.4 cm³/mol. The second-order valence-corrected chi connectivity index (χ2v) is 4.63. The van der Waals surface area contributed by atoms with Gasteiger partial charge in [0.25, 0.3) is 11.4 Å². The molecule has 1 rings (SSSR count). The van der Waals surface area contributed by atoms with Crippen LogP contribution in [0.15, 0.2) is 12.1 Å². The van der Waals surface area contributed by atoms with E-state index in [2.05, 4.69) is 20.7 Å². The molecule has 0 spiro atoms. The van der Waals surface area contributed by atoms with Gasteiger partial charge in [0.2, 0.25) is 0 Å². The summed E-state index contributed by atoms with van der Waals surface area (Å²) in [6.45, 7) is 2.84. The van der Waals surface area contributed by atoms with Crippen molar-refractivity contribution >= 4 is 28.8 Å². The highest BCUT2D eigenvalue weighted by Gasteiger charge is 2.24. The van der Waals surface area contributed by atoms with Gasteiger partial charge in [-0.25, -0.2) is 4.79 Å². The van der Waals surface area contributed by atoms with Crippen molar-refractivity contribution in [2.75, 3.05) is 37.4 Å². The molecule has 0 saturated heterocycles. The van der Waals surface area contributed by atoms with Gasteiger partial charge in [0.1, 0.15) is 11.4 Å². The number of ether oxygens (including phenoxy) is 1. The molecule has 0 bridgehead atoms. The summed E-state index contributed by atoms with van der Waals surface area (Å²) in [7, 11) is 1.25. The molecule has 11 heteroatoms. The molecule has 24 heavy (non-hydrogen) atoms. The lowest BCUT2D eigenvalue weighted by atomic mass is 10.2. The fraction of sp³-hybridized carbons (Fsp3) is 0.462. The number of alkyl carbamates (subject to hydrolysis) is 1. The molecule has 3 N–H and O–H groups in total. The molecule has 1 aromatic rings. The smallest absolute Gasteiger partial charge is 0.406 e. The monoisotopic (exact) mass is 341 g/mol. The van der Waals surface area contributed by atoms with Gasteiger partial charge >= 0.3 is 6.09 Å². The van der Waals surface area contributed by atoms with Gasteiger partial charge in [-0.3, -0.25) is 20.2 Å². The molecule has 0 fully saturated rings. The Morgan fingerprint density at radius 1 is 1.08 bits per heavy atom. The average Bonchev–Trinajstić information content (AvgIpc) is 2.54. The van der Waals surface area contributed by atoms with Crippen LogP contribution < -0.4 is 16.0 Å². The van der Waals surface area contributed by atoms with Crippen LogP contribution in [0.2, 0.25) is 0 Å². The Labute approximate surface area is 137 Å². The highest BCUT2D eigenvalue weighted by atomic mass is 16.6. The van der Waals surface area contributed by atoms with Crippen LogP contribution in [-0.4, -0.2) is 42.7 Å². The van der Waals surface area contributed by atoms with Crippen molar-refractivity contribution in [2.45, 2.75) is 13.3 Å². The van der Waals surface area contributed by atoms with Crippen molar-refractivity contribution < 1.29 is 19.4 Å². The van der Waals surface area contributed by atoms with E-state index in [1.54, 1.807) is 6.92 Å². The van der Waals surface area contributed by atoms with Gasteiger partial charge in [-0.2, -0.15) is 0 Å². The van der Waals surface area contributed by atoms with Crippen LogP contribution in [0.5, 0.6) is 0 Å². The summed E-state index contributed by atoms with van der Waals surface area (Å²) in [5, 5.41) is 30.3. The number of amides is 1. The number of nitro benzene ring substituents is 2. The number of carbonyl (C=O) groups excluding carboxylic acids is 1. The standard InChI is InChI=1S/C13H19N5O6/c1-3-14-9-7-10(15-5-4-6-16-13(19)24-2)12(18(22)23)8-11(9)17(20)21/h7-8,14-15H,3-6H2,1-2H3,(H,16,19). The van der Waals surface area contributed by atoms with Crippen LogP contribution >= 0.6 is 0 Å². The molecule has 0 aliphatic heterocycles. The Kier molecular flexibility index (Phi) is 7.20. The lowest BCUT2D eigenvalue weighted by Gasteiger charge is -2.11. The Hall–Kier alpha value is -3.11. The number of carbonyl (C=O) groups is 1. The number of hydrogen-bond donors (Lipinski definition) is 3. The molecule has 0 radical (unpaired) electrons. The first-order valence-corrected chi connectivity index (χ1v) is 7.17. The molecule has 1 aromatic carbocycles. The first kappa shape index (κ1) is 18.9. The minimum atomic E-state index is -0.683. The fourth-order valence-corrected chi connectivity index (χ4v) is 1.93. The van der Waals surface area contributed by atoms with E-state index in [9.17, 15) is 25.0 Å². The molecule has 0 aliphatic rings. The molecular formula is C13H19N5O6. The molecule has 0 unspecified atom stereocenters. The summed E-state index contributed by atoms with van der Waals surface area (Å²) in [5.41, 5.74) is -0.381. The normalized spacial score (nSPS) is 9.92. The number of methoxy groups -OCH3 is 1. The van der Waals surface area contributed by atoms with Crippen molar-refractivity contribution in [3.05, 3.63) is 32.4 Å². The van der Waals surface area contributed by atoms with E-state index in [0.717, 1.165) is 6.07 Å². The molecule has 0 atom stereocenters. The molecule has 132 valence electrons. The van der Waals surface area contributed by atoms with E-state index in [1.807, 2.05) is 0 Å². The van der Waals surface area contributed by atoms with Crippen molar-refractivity contribution in [2.24, 2.45) is 0 Å². The highest BCUT2D eigenvalue weighted by molar-refractivity contribution is 5.76. The van der Waals surface area contributed by atoms with Gasteiger partial charge in [0.05, 0.1) is 23.0 Å². The van der Waals surface area contributed by atoms with Crippen molar-refractivity contribution in [3.8, 4) is 0 Å². The lowest BCUT2D eigenvalue weighted by molar-refractivity contribution is -0.393. The van der Waals surface area contributed by atoms with E-state index in [0.29, 0.717) is 26.1 Å². The summed E-state index contributed by atoms with van der Waals surface area (Å²) in [5.74, 6) is 0. The number of nitro groups is 2. The number of hydrogen-bond acceptors (Lipinski definition) is 8. The Bertz CT molecular complexity index is 621. The Morgan fingerprint density at radius 3 is 2.17 bits per heavy atom. The van der Waals surface area contributed by atoms with Gasteiger partial charge in [0, 0.05) is 19.6 Å². The van der Waals surface area contributed by atoms with Crippen LogP contribution in [0.4, 0.5) is 27.5 Å². The minimum absolute atomic E-state index is 0.166. The molecule has 11 nitrogen and oxygen atoms in total. The SMILES string of the molecule is CCNc1cc(NCCCNC(=O)OC)c([N+](=O)[O-])cc1[N+](=O)[O-]. The third kappa shape index (κ3) is 5.26. The van der Waals surface area contributed by atoms with Crippen LogP contribution in [0.25, 0.3) is 0 Å². The van der Waals surface area contributed by atoms with E-state index in [-0.39, 0.29) is 22.7 Å². The maximum absolute atomic E-state index is 11.1. The summed E-state index contributed by atoms with van der Waals surface area (Å²) < 4.78 is 4.41. The topological polar surface area (TPSA) is 149 Å². The first-order valence-electron chi connectivity index (χ1n) is 7.17. The van der Waals surface area contributed by atoms with Crippen molar-refractivity contribution in [1.29, 1.82) is 0 Å². The van der Waals surface area contributed by atoms with E-state index in [1.165, 1.54) is 13.2 Å². The van der Waals surface area contributed by atoms with Crippen LogP contribution in [0.3, 0.4) is 0 Å². The fourth-order valence-electron chi connectivity index (χ4n) is 1.93. The van der Waals surface area contributed by atoms with Gasteiger partial charge in [-0.05, 0) is 19.4 Å². The zero-order valence-electron chi connectivity index (χ0n) is 13.3. The van der Waals surface area contributed by atoms with Gasteiger partial charge in [-0.15, -0.1) is 0 Å². The third-order valence-electron chi connectivity index (χ3n) is 3.00. The van der Waals surface area contributed by atoms with Gasteiger partial charge in [0.15, 0.2) is 0 Å².